The maximum absolute atomic E-state index is 4.94. The Morgan fingerprint density at radius 2 is 2.50 bits per heavy atom. The second kappa shape index (κ2) is 4.23. The molecule has 0 aliphatic carbocycles. The van der Waals surface area contributed by atoms with Crippen molar-refractivity contribution in [3.05, 3.63) is 12.3 Å². The zero-order valence-corrected chi connectivity index (χ0v) is 6.42. The average Bonchev–Trinajstić information content (AvgIpc) is 2.41. The van der Waals surface area contributed by atoms with E-state index in [1.807, 2.05) is 0 Å². The van der Waals surface area contributed by atoms with E-state index in [-0.39, 0.29) is 0 Å². The first-order valence-electron chi connectivity index (χ1n) is 3.68. The molecule has 0 radical (unpaired) electrons. The van der Waals surface area contributed by atoms with Gasteiger partial charge in [-0.1, -0.05) is 0 Å². The number of nitrogens with zero attached hydrogens (tertiary/aromatic N) is 1. The predicted molar refractivity (Wildman–Crippen MR) is 41.4 cm³/mol. The van der Waals surface area contributed by atoms with E-state index in [1.165, 1.54) is 0 Å². The second-order valence-corrected chi connectivity index (χ2v) is 2.39. The third-order valence-corrected chi connectivity index (χ3v) is 1.54. The van der Waals surface area contributed by atoms with Gasteiger partial charge in [0.1, 0.15) is 12.8 Å². The zero-order valence-electron chi connectivity index (χ0n) is 6.42. The van der Waals surface area contributed by atoms with E-state index in [0.717, 1.165) is 26.0 Å². The highest BCUT2D eigenvalue weighted by Gasteiger charge is 2.02. The molecule has 1 heterocycles. The van der Waals surface area contributed by atoms with Crippen LogP contribution in [0.25, 0.3) is 0 Å². The summed E-state index contributed by atoms with van der Waals surface area (Å²) < 4.78 is 7.14. The lowest BCUT2D eigenvalue weighted by atomic mass is 10.4. The maximum Gasteiger partial charge on any atom is 0.165 e. The summed E-state index contributed by atoms with van der Waals surface area (Å²) in [5.41, 5.74) is 0. The van der Waals surface area contributed by atoms with Crippen LogP contribution in [0.4, 0.5) is 0 Å². The minimum Gasteiger partial charge on any atom is -0.384 e. The fourth-order valence-electron chi connectivity index (χ4n) is 1.01. The van der Waals surface area contributed by atoms with Crippen molar-refractivity contribution in [2.75, 3.05) is 20.3 Å². The summed E-state index contributed by atoms with van der Waals surface area (Å²) in [7, 11) is 1.74. The lowest BCUT2D eigenvalue weighted by Crippen LogP contribution is -2.06. The van der Waals surface area contributed by atoms with Gasteiger partial charge in [0.25, 0.3) is 0 Å². The standard InChI is InChI=1S/C8H14NO/c1-10-8-4-7-9-5-2-3-6-9/h2,5-6H,3-4,7-8H2,1H3/q+1. The Morgan fingerprint density at radius 1 is 1.60 bits per heavy atom. The molecule has 0 fully saturated rings. The second-order valence-electron chi connectivity index (χ2n) is 2.39. The highest BCUT2D eigenvalue weighted by atomic mass is 16.5. The van der Waals surface area contributed by atoms with Crippen molar-refractivity contribution in [1.82, 2.24) is 0 Å². The topological polar surface area (TPSA) is 12.2 Å². The van der Waals surface area contributed by atoms with Gasteiger partial charge >= 0.3 is 0 Å². The molecule has 0 aromatic carbocycles. The summed E-state index contributed by atoms with van der Waals surface area (Å²) in [5.74, 6) is 0. The first-order chi connectivity index (χ1) is 4.93. The van der Waals surface area contributed by atoms with Crippen molar-refractivity contribution < 1.29 is 9.31 Å². The molecule has 2 nitrogen and oxygen atoms in total. The smallest absolute Gasteiger partial charge is 0.165 e. The van der Waals surface area contributed by atoms with Crippen molar-refractivity contribution in [2.24, 2.45) is 0 Å². The van der Waals surface area contributed by atoms with E-state index in [1.54, 1.807) is 7.11 Å². The molecule has 56 valence electrons. The number of rotatable bonds is 4. The maximum atomic E-state index is 4.94. The Hall–Kier alpha value is -0.630. The minimum atomic E-state index is 0.859. The molecule has 0 amide bonds. The summed E-state index contributed by atoms with van der Waals surface area (Å²) in [5, 5.41) is 0. The normalized spacial score (nSPS) is 15.9. The van der Waals surface area contributed by atoms with E-state index in [2.05, 4.69) is 23.1 Å². The van der Waals surface area contributed by atoms with E-state index in [0.29, 0.717) is 0 Å². The lowest BCUT2D eigenvalue weighted by molar-refractivity contribution is -0.450. The average molecular weight is 140 g/mol. The Kier molecular flexibility index (Phi) is 3.16. The summed E-state index contributed by atoms with van der Waals surface area (Å²) in [6.07, 6.45) is 8.67. The van der Waals surface area contributed by atoms with Crippen LogP contribution < -0.4 is 0 Å². The lowest BCUT2D eigenvalue weighted by Gasteiger charge is -1.94. The van der Waals surface area contributed by atoms with Crippen LogP contribution in [0.5, 0.6) is 0 Å². The number of allylic oxidation sites excluding steroid dienone is 1. The van der Waals surface area contributed by atoms with Gasteiger partial charge in [0.05, 0.1) is 6.61 Å². The summed E-state index contributed by atoms with van der Waals surface area (Å²) in [6, 6.07) is 0. The molecule has 0 bridgehead atoms. The van der Waals surface area contributed by atoms with Crippen LogP contribution in [-0.2, 0) is 4.74 Å². The third-order valence-electron chi connectivity index (χ3n) is 1.54. The van der Waals surface area contributed by atoms with Gasteiger partial charge in [0.2, 0.25) is 0 Å². The van der Waals surface area contributed by atoms with Crippen LogP contribution in [0.15, 0.2) is 12.3 Å². The van der Waals surface area contributed by atoms with E-state index in [9.17, 15) is 0 Å². The number of hydrogen-bond acceptors (Lipinski definition) is 1. The van der Waals surface area contributed by atoms with Crippen molar-refractivity contribution in [1.29, 1.82) is 0 Å². The summed E-state index contributed by atoms with van der Waals surface area (Å²) in [6.45, 7) is 1.95. The molecular weight excluding hydrogens is 126 g/mol. The molecule has 2 heteroatoms. The minimum absolute atomic E-state index is 0.859. The fraction of sp³-hybridized carbons (Fsp3) is 0.625. The van der Waals surface area contributed by atoms with Gasteiger partial charge in [0, 0.05) is 20.0 Å². The number of methoxy groups -OCH3 is 1. The van der Waals surface area contributed by atoms with Crippen molar-refractivity contribution in [3.63, 3.8) is 0 Å². The molecule has 0 atom stereocenters. The predicted octanol–water partition coefficient (Wildman–Crippen LogP) is 1.02. The van der Waals surface area contributed by atoms with Crippen LogP contribution >= 0.6 is 0 Å². The fourth-order valence-corrected chi connectivity index (χ4v) is 1.01. The molecule has 1 rings (SSSR count). The Labute approximate surface area is 61.8 Å². The molecule has 1 aliphatic rings. The SMILES string of the molecule is COCCC[N+]1=CCC=C1. The van der Waals surface area contributed by atoms with Gasteiger partial charge in [0.15, 0.2) is 6.20 Å². The van der Waals surface area contributed by atoms with Crippen LogP contribution in [0.3, 0.4) is 0 Å². The van der Waals surface area contributed by atoms with Gasteiger partial charge in [-0.25, -0.2) is 4.58 Å². The van der Waals surface area contributed by atoms with Gasteiger partial charge in [-0.3, -0.25) is 0 Å². The Morgan fingerprint density at radius 3 is 3.10 bits per heavy atom. The zero-order chi connectivity index (χ0) is 7.23. The highest BCUT2D eigenvalue weighted by molar-refractivity contribution is 5.55. The molecule has 0 spiro atoms. The molecule has 1 aliphatic heterocycles. The van der Waals surface area contributed by atoms with E-state index in [4.69, 9.17) is 4.74 Å². The third kappa shape index (κ3) is 2.31. The molecule has 0 saturated heterocycles. The highest BCUT2D eigenvalue weighted by Crippen LogP contribution is 1.93. The molecule has 0 aromatic heterocycles. The van der Waals surface area contributed by atoms with E-state index >= 15 is 0 Å². The Balaban J connectivity index is 2.08. The first-order valence-corrected chi connectivity index (χ1v) is 3.68. The van der Waals surface area contributed by atoms with Crippen LogP contribution in [0.1, 0.15) is 12.8 Å². The van der Waals surface area contributed by atoms with Gasteiger partial charge in [-0.2, -0.15) is 0 Å². The molecule has 0 N–H and O–H groups in total. The van der Waals surface area contributed by atoms with Crippen molar-refractivity contribution in [2.45, 2.75) is 12.8 Å². The van der Waals surface area contributed by atoms with Crippen LogP contribution in [0, 0.1) is 0 Å². The largest absolute Gasteiger partial charge is 0.384 e. The van der Waals surface area contributed by atoms with E-state index < -0.39 is 0 Å². The van der Waals surface area contributed by atoms with Crippen molar-refractivity contribution >= 4 is 6.21 Å². The van der Waals surface area contributed by atoms with Crippen LogP contribution in [-0.4, -0.2) is 31.1 Å². The number of hydrogen-bond donors (Lipinski definition) is 0. The quantitative estimate of drug-likeness (QED) is 0.419. The first kappa shape index (κ1) is 7.48. The molecule has 0 aromatic rings. The summed E-state index contributed by atoms with van der Waals surface area (Å²) in [4.78, 5) is 0. The number of ether oxygens (including phenoxy) is 1. The van der Waals surface area contributed by atoms with Gasteiger partial charge in [-0.15, -0.1) is 0 Å². The summed E-state index contributed by atoms with van der Waals surface area (Å²) >= 11 is 0. The van der Waals surface area contributed by atoms with Crippen LogP contribution in [0.2, 0.25) is 0 Å². The molecule has 0 saturated carbocycles. The van der Waals surface area contributed by atoms with Gasteiger partial charge in [-0.05, 0) is 6.08 Å². The monoisotopic (exact) mass is 140 g/mol. The van der Waals surface area contributed by atoms with Crippen molar-refractivity contribution in [3.8, 4) is 0 Å². The molecular formula is C8H14NO+. The molecule has 0 unspecified atom stereocenters. The Bertz CT molecular complexity index is 149. The molecule has 10 heavy (non-hydrogen) atoms. The van der Waals surface area contributed by atoms with Gasteiger partial charge < -0.3 is 4.74 Å².